The van der Waals surface area contributed by atoms with E-state index in [1.807, 2.05) is 36.4 Å². The van der Waals surface area contributed by atoms with Crippen molar-refractivity contribution in [3.8, 4) is 0 Å². The normalized spacial score (nSPS) is 13.6. The molecule has 190 valence electrons. The zero-order valence-corrected chi connectivity index (χ0v) is 21.1. The highest BCUT2D eigenvalue weighted by atomic mass is 32.2. The average molecular weight is 518 g/mol. The lowest BCUT2D eigenvalue weighted by molar-refractivity contribution is 0.243. The van der Waals surface area contributed by atoms with Crippen LogP contribution in [0.15, 0.2) is 89.8 Å². The number of aromatic nitrogens is 2. The first kappa shape index (κ1) is 24.9. The lowest BCUT2D eigenvalue weighted by Crippen LogP contribution is -2.32. The first-order valence-corrected chi connectivity index (χ1v) is 13.7. The van der Waals surface area contributed by atoms with E-state index in [0.717, 1.165) is 42.9 Å². The van der Waals surface area contributed by atoms with Crippen LogP contribution < -0.4 is 10.0 Å². The van der Waals surface area contributed by atoms with Gasteiger partial charge in [0.15, 0.2) is 0 Å². The average Bonchev–Trinajstić information content (AvgIpc) is 2.90. The van der Waals surface area contributed by atoms with E-state index in [9.17, 15) is 12.8 Å². The van der Waals surface area contributed by atoms with E-state index >= 15 is 0 Å². The molecule has 5 rings (SSSR count). The highest BCUT2D eigenvalue weighted by Gasteiger charge is 2.26. The molecule has 2 heterocycles. The largest absolute Gasteiger partial charge is 0.354 e. The fourth-order valence-corrected chi connectivity index (χ4v) is 5.41. The second kappa shape index (κ2) is 11.1. The van der Waals surface area contributed by atoms with Gasteiger partial charge in [-0.15, -0.1) is 0 Å². The van der Waals surface area contributed by atoms with E-state index in [4.69, 9.17) is 4.98 Å². The summed E-state index contributed by atoms with van der Waals surface area (Å²) in [5, 5.41) is 3.25. The Balaban J connectivity index is 1.41. The third kappa shape index (κ3) is 6.31. The molecule has 1 aliphatic heterocycles. The maximum atomic E-state index is 13.4. The number of nitrogens with one attached hydrogen (secondary N) is 2. The number of hydrogen-bond donors (Lipinski definition) is 2. The van der Waals surface area contributed by atoms with Crippen LogP contribution in [0.3, 0.4) is 0 Å². The van der Waals surface area contributed by atoms with Gasteiger partial charge in [-0.1, -0.05) is 60.7 Å². The number of anilines is 2. The topological polar surface area (TPSA) is 87.2 Å². The van der Waals surface area contributed by atoms with Crippen LogP contribution in [0, 0.1) is 5.82 Å². The van der Waals surface area contributed by atoms with E-state index in [-0.39, 0.29) is 10.7 Å². The second-order valence-corrected chi connectivity index (χ2v) is 10.7. The predicted molar refractivity (Wildman–Crippen MR) is 142 cm³/mol. The fraction of sp³-hybridized carbons (Fsp3) is 0.214. The van der Waals surface area contributed by atoms with Crippen LogP contribution in [0.2, 0.25) is 0 Å². The molecule has 0 spiro atoms. The summed E-state index contributed by atoms with van der Waals surface area (Å²) >= 11 is 0. The number of sulfonamides is 1. The van der Waals surface area contributed by atoms with Gasteiger partial charge in [0.1, 0.15) is 11.6 Å². The van der Waals surface area contributed by atoms with E-state index < -0.39 is 15.8 Å². The summed E-state index contributed by atoms with van der Waals surface area (Å²) in [5.41, 5.74) is 3.93. The second-order valence-electron chi connectivity index (χ2n) is 8.99. The third-order valence-electron chi connectivity index (χ3n) is 6.28. The first-order chi connectivity index (χ1) is 18.0. The number of halogens is 1. The molecule has 7 nitrogen and oxygen atoms in total. The smallest absolute Gasteiger partial charge is 0.263 e. The van der Waals surface area contributed by atoms with Crippen LogP contribution in [0.4, 0.5) is 16.2 Å². The number of nitrogens with zero attached hydrogens (tertiary/aromatic N) is 3. The van der Waals surface area contributed by atoms with Crippen molar-refractivity contribution in [3.05, 3.63) is 113 Å². The Labute approximate surface area is 216 Å². The van der Waals surface area contributed by atoms with E-state index in [0.29, 0.717) is 25.5 Å². The number of hydrogen-bond acceptors (Lipinski definition) is 6. The van der Waals surface area contributed by atoms with E-state index in [1.165, 1.54) is 23.3 Å². The van der Waals surface area contributed by atoms with Gasteiger partial charge in [0, 0.05) is 38.2 Å². The van der Waals surface area contributed by atoms with Crippen molar-refractivity contribution in [3.63, 3.8) is 0 Å². The van der Waals surface area contributed by atoms with E-state index in [1.54, 1.807) is 0 Å². The van der Waals surface area contributed by atoms with Crippen LogP contribution in [0.5, 0.6) is 0 Å². The van der Waals surface area contributed by atoms with Gasteiger partial charge in [-0.3, -0.25) is 9.62 Å². The minimum Gasteiger partial charge on any atom is -0.354 e. The maximum absolute atomic E-state index is 13.4. The molecular formula is C28H28FN5O2S. The van der Waals surface area contributed by atoms with Crippen molar-refractivity contribution in [2.24, 2.45) is 0 Å². The lowest BCUT2D eigenvalue weighted by Gasteiger charge is -2.29. The Morgan fingerprint density at radius 1 is 0.865 bits per heavy atom. The Bertz CT molecular complexity index is 1450. The minimum atomic E-state index is -3.97. The molecule has 0 radical (unpaired) electrons. The van der Waals surface area contributed by atoms with Crippen molar-refractivity contribution in [1.82, 2.24) is 14.9 Å². The molecule has 37 heavy (non-hydrogen) atoms. The summed E-state index contributed by atoms with van der Waals surface area (Å²) in [6.45, 7) is 2.65. The Morgan fingerprint density at radius 3 is 2.24 bits per heavy atom. The van der Waals surface area contributed by atoms with Crippen LogP contribution >= 0.6 is 0 Å². The van der Waals surface area contributed by atoms with Gasteiger partial charge in [0.2, 0.25) is 5.95 Å². The number of benzene rings is 3. The number of fused-ring (bicyclic) bond motifs is 1. The Morgan fingerprint density at radius 2 is 1.54 bits per heavy atom. The molecule has 4 aromatic rings. The van der Waals surface area contributed by atoms with Gasteiger partial charge in [-0.05, 0) is 41.8 Å². The molecular weight excluding hydrogens is 489 g/mol. The van der Waals surface area contributed by atoms with Gasteiger partial charge in [0.05, 0.1) is 10.6 Å². The molecule has 0 bridgehead atoms. The van der Waals surface area contributed by atoms with Crippen LogP contribution in [-0.2, 0) is 36.0 Å². The molecule has 0 aliphatic carbocycles. The fourth-order valence-electron chi connectivity index (χ4n) is 4.37. The van der Waals surface area contributed by atoms with Crippen molar-refractivity contribution < 1.29 is 12.8 Å². The quantitative estimate of drug-likeness (QED) is 0.337. The van der Waals surface area contributed by atoms with Crippen LogP contribution in [0.25, 0.3) is 0 Å². The maximum Gasteiger partial charge on any atom is 0.263 e. The van der Waals surface area contributed by atoms with Crippen LogP contribution in [-0.4, -0.2) is 36.4 Å². The standard InChI is InChI=1S/C28H28FN5O2S/c29-23-11-13-24(14-12-23)37(35,36)33-27-25-20-34(19-22-9-5-2-6-10-22)18-16-26(25)31-28(32-27)30-17-15-21-7-3-1-4-8-21/h1-14H,15-20H2,(H2,30,31,32,33). The van der Waals surface area contributed by atoms with Crippen molar-refractivity contribution in [1.29, 1.82) is 0 Å². The molecule has 2 N–H and O–H groups in total. The summed E-state index contributed by atoms with van der Waals surface area (Å²) in [6, 6.07) is 25.0. The van der Waals surface area contributed by atoms with Crippen molar-refractivity contribution in [2.75, 3.05) is 23.1 Å². The molecule has 3 aromatic carbocycles. The van der Waals surface area contributed by atoms with Gasteiger partial charge < -0.3 is 5.32 Å². The summed E-state index contributed by atoms with van der Waals surface area (Å²) in [7, 11) is -3.97. The molecule has 1 aromatic heterocycles. The number of rotatable bonds is 9. The SMILES string of the molecule is O=S(=O)(Nc1nc(NCCc2ccccc2)nc2c1CN(Cc1ccccc1)CC2)c1ccc(F)cc1. The Hall–Kier alpha value is -3.82. The highest BCUT2D eigenvalue weighted by Crippen LogP contribution is 2.28. The molecule has 0 atom stereocenters. The summed E-state index contributed by atoms with van der Waals surface area (Å²) in [5.74, 6) is 0.122. The summed E-state index contributed by atoms with van der Waals surface area (Å²) < 4.78 is 42.3. The van der Waals surface area contributed by atoms with Gasteiger partial charge >= 0.3 is 0 Å². The molecule has 0 saturated heterocycles. The van der Waals surface area contributed by atoms with Crippen molar-refractivity contribution >= 4 is 21.8 Å². The molecule has 9 heteroatoms. The van der Waals surface area contributed by atoms with Gasteiger partial charge in [-0.25, -0.2) is 17.8 Å². The molecule has 1 aliphatic rings. The van der Waals surface area contributed by atoms with Crippen molar-refractivity contribution in [2.45, 2.75) is 30.8 Å². The zero-order chi connectivity index (χ0) is 25.7. The van der Waals surface area contributed by atoms with Gasteiger partial charge in [0.25, 0.3) is 10.0 Å². The summed E-state index contributed by atoms with van der Waals surface area (Å²) in [4.78, 5) is 11.5. The third-order valence-corrected chi connectivity index (χ3v) is 7.64. The lowest BCUT2D eigenvalue weighted by atomic mass is 10.1. The molecule has 0 amide bonds. The van der Waals surface area contributed by atoms with E-state index in [2.05, 4.69) is 44.2 Å². The minimum absolute atomic E-state index is 0.0307. The predicted octanol–water partition coefficient (Wildman–Crippen LogP) is 4.63. The molecule has 0 saturated carbocycles. The van der Waals surface area contributed by atoms with Gasteiger partial charge in [-0.2, -0.15) is 4.98 Å². The molecule has 0 fully saturated rings. The molecule has 0 unspecified atom stereocenters. The first-order valence-electron chi connectivity index (χ1n) is 12.2. The Kier molecular flexibility index (Phi) is 7.43. The highest BCUT2D eigenvalue weighted by molar-refractivity contribution is 7.92. The zero-order valence-electron chi connectivity index (χ0n) is 20.3. The monoisotopic (exact) mass is 517 g/mol. The van der Waals surface area contributed by atoms with Crippen LogP contribution in [0.1, 0.15) is 22.4 Å². The summed E-state index contributed by atoms with van der Waals surface area (Å²) in [6.07, 6.45) is 1.45.